The number of H-pyrrole nitrogens is 1. The number of hydrogen-bond acceptors (Lipinski definition) is 6. The summed E-state index contributed by atoms with van der Waals surface area (Å²) in [6.45, 7) is 0.632. The van der Waals surface area contributed by atoms with Gasteiger partial charge in [0.25, 0.3) is 0 Å². The van der Waals surface area contributed by atoms with E-state index in [1.165, 1.54) is 6.07 Å². The van der Waals surface area contributed by atoms with Gasteiger partial charge in [-0.2, -0.15) is 4.98 Å². The predicted molar refractivity (Wildman–Crippen MR) is 159 cm³/mol. The van der Waals surface area contributed by atoms with Crippen LogP contribution in [0.2, 0.25) is 0 Å². The van der Waals surface area contributed by atoms with Gasteiger partial charge < -0.3 is 20.7 Å². The summed E-state index contributed by atoms with van der Waals surface area (Å²) in [6, 6.07) is 20.1. The van der Waals surface area contributed by atoms with Gasteiger partial charge in [0.05, 0.1) is 14.6 Å². The molecule has 39 heavy (non-hydrogen) atoms. The number of para-hydroxylation sites is 2. The highest BCUT2D eigenvalue weighted by molar-refractivity contribution is 14.1. The Bertz CT molecular complexity index is 1640. The second-order valence-electron chi connectivity index (χ2n) is 8.74. The van der Waals surface area contributed by atoms with Crippen LogP contribution in [0, 0.1) is 9.39 Å². The number of anilines is 3. The van der Waals surface area contributed by atoms with Crippen molar-refractivity contribution in [2.75, 3.05) is 17.2 Å². The molecule has 0 bridgehead atoms. The standard InChI is InChI=1S/C29H24FIN6O2/c30-22-12-11-20(16-23(22)31)34-29-33-17-21(19-6-3-5-18(15-19)10-13-27(38)39)28(37-29)32-14-4-9-26-35-24-7-1-2-8-25(24)36-26/h1-3,5-8,10-13,15-17H,4,9,14H2,(H,35,36)(H,38,39)(H2,32,33,34,37)/b13-10+. The lowest BCUT2D eigenvalue weighted by Gasteiger charge is -2.14. The molecule has 0 unspecified atom stereocenters. The molecule has 10 heteroatoms. The summed E-state index contributed by atoms with van der Waals surface area (Å²) in [4.78, 5) is 28.1. The number of hydrogen-bond donors (Lipinski definition) is 4. The molecule has 0 aliphatic rings. The van der Waals surface area contributed by atoms with Crippen LogP contribution in [0.4, 0.5) is 21.8 Å². The third-order valence-electron chi connectivity index (χ3n) is 5.90. The normalized spacial score (nSPS) is 11.2. The largest absolute Gasteiger partial charge is 0.478 e. The van der Waals surface area contributed by atoms with Gasteiger partial charge in [-0.15, -0.1) is 0 Å². The number of carbonyl (C=O) groups is 1. The number of aliphatic carboxylic acids is 1. The molecule has 0 aliphatic heterocycles. The Morgan fingerprint density at radius 1 is 1.08 bits per heavy atom. The number of aryl methyl sites for hydroxylation is 1. The zero-order valence-corrected chi connectivity index (χ0v) is 22.8. The third kappa shape index (κ3) is 6.77. The van der Waals surface area contributed by atoms with Crippen molar-refractivity contribution in [1.82, 2.24) is 19.9 Å². The van der Waals surface area contributed by atoms with Crippen LogP contribution in [-0.2, 0) is 11.2 Å². The average Bonchev–Trinajstić information content (AvgIpc) is 3.35. The van der Waals surface area contributed by atoms with E-state index in [-0.39, 0.29) is 5.82 Å². The molecule has 0 aliphatic carbocycles. The van der Waals surface area contributed by atoms with E-state index in [0.717, 1.165) is 52.5 Å². The fourth-order valence-electron chi connectivity index (χ4n) is 4.06. The molecule has 0 spiro atoms. The number of nitrogens with zero attached hydrogens (tertiary/aromatic N) is 3. The summed E-state index contributed by atoms with van der Waals surface area (Å²) in [5.41, 5.74) is 4.98. The lowest BCUT2D eigenvalue weighted by Crippen LogP contribution is -2.09. The molecule has 4 N–H and O–H groups in total. The van der Waals surface area contributed by atoms with Crippen LogP contribution in [0.3, 0.4) is 0 Å². The van der Waals surface area contributed by atoms with Gasteiger partial charge in [-0.05, 0) is 82.6 Å². The monoisotopic (exact) mass is 634 g/mol. The maximum atomic E-state index is 13.7. The second-order valence-corrected chi connectivity index (χ2v) is 9.90. The molecule has 2 aromatic heterocycles. The van der Waals surface area contributed by atoms with Gasteiger partial charge in [0.2, 0.25) is 5.95 Å². The Morgan fingerprint density at radius 2 is 1.95 bits per heavy atom. The Balaban J connectivity index is 1.37. The van der Waals surface area contributed by atoms with Crippen molar-refractivity contribution < 1.29 is 14.3 Å². The summed E-state index contributed by atoms with van der Waals surface area (Å²) in [6.07, 6.45) is 5.93. The Labute approximate surface area is 237 Å². The molecule has 5 rings (SSSR count). The number of nitrogens with one attached hydrogen (secondary N) is 3. The van der Waals surface area contributed by atoms with E-state index in [2.05, 4.69) is 25.6 Å². The number of aromatic amines is 1. The minimum absolute atomic E-state index is 0.291. The first kappa shape index (κ1) is 26.3. The van der Waals surface area contributed by atoms with Crippen LogP contribution in [-0.4, -0.2) is 37.6 Å². The van der Waals surface area contributed by atoms with Gasteiger partial charge in [0.1, 0.15) is 17.5 Å². The fourth-order valence-corrected chi connectivity index (χ4v) is 4.57. The number of rotatable bonds is 10. The molecule has 5 aromatic rings. The van der Waals surface area contributed by atoms with E-state index in [4.69, 9.17) is 10.1 Å². The van der Waals surface area contributed by atoms with Crippen molar-refractivity contribution >= 4 is 63.1 Å². The van der Waals surface area contributed by atoms with Gasteiger partial charge in [-0.1, -0.05) is 30.3 Å². The summed E-state index contributed by atoms with van der Waals surface area (Å²) in [5, 5.41) is 15.5. The van der Waals surface area contributed by atoms with Crippen molar-refractivity contribution in [3.8, 4) is 11.1 Å². The lowest BCUT2D eigenvalue weighted by molar-refractivity contribution is -0.131. The maximum absolute atomic E-state index is 13.7. The number of benzene rings is 3. The number of halogens is 2. The third-order valence-corrected chi connectivity index (χ3v) is 6.73. The molecule has 0 saturated carbocycles. The minimum Gasteiger partial charge on any atom is -0.478 e. The first-order chi connectivity index (χ1) is 18.9. The predicted octanol–water partition coefficient (Wildman–Crippen LogP) is 6.65. The van der Waals surface area contributed by atoms with E-state index >= 15 is 0 Å². The van der Waals surface area contributed by atoms with E-state index < -0.39 is 5.97 Å². The van der Waals surface area contributed by atoms with E-state index in [9.17, 15) is 9.18 Å². The van der Waals surface area contributed by atoms with Crippen molar-refractivity contribution in [1.29, 1.82) is 0 Å². The SMILES string of the molecule is O=C(O)/C=C/c1cccc(-c2cnc(Nc3ccc(F)c(I)c3)nc2NCCCc2nc3ccccc3[nH]2)c1. The van der Waals surface area contributed by atoms with E-state index in [1.54, 1.807) is 24.4 Å². The van der Waals surface area contributed by atoms with Crippen LogP contribution in [0.1, 0.15) is 17.8 Å². The quantitative estimate of drug-likeness (QED) is 0.0773. The molecule has 0 radical (unpaired) electrons. The van der Waals surface area contributed by atoms with E-state index in [0.29, 0.717) is 27.6 Å². The number of aromatic nitrogens is 4. The molecule has 8 nitrogen and oxygen atoms in total. The molecule has 3 aromatic carbocycles. The molecular weight excluding hydrogens is 610 g/mol. The Kier molecular flexibility index (Phi) is 8.11. The highest BCUT2D eigenvalue weighted by Gasteiger charge is 2.12. The Hall–Kier alpha value is -4.32. The van der Waals surface area contributed by atoms with E-state index in [1.807, 2.05) is 71.1 Å². The number of imidazole rings is 1. The first-order valence-corrected chi connectivity index (χ1v) is 13.3. The maximum Gasteiger partial charge on any atom is 0.328 e. The van der Waals surface area contributed by atoms with Crippen LogP contribution < -0.4 is 10.6 Å². The fraction of sp³-hybridized carbons (Fsp3) is 0.103. The molecular formula is C29H24FIN6O2. The molecule has 0 amide bonds. The second kappa shape index (κ2) is 12.0. The number of carboxylic acids is 1. The lowest BCUT2D eigenvalue weighted by atomic mass is 10.0. The van der Waals surface area contributed by atoms with Gasteiger partial charge in [-0.25, -0.2) is 19.2 Å². The van der Waals surface area contributed by atoms with Gasteiger partial charge in [0.15, 0.2) is 0 Å². The molecule has 2 heterocycles. The van der Waals surface area contributed by atoms with Crippen molar-refractivity contribution in [3.05, 3.63) is 99.8 Å². The van der Waals surface area contributed by atoms with Crippen molar-refractivity contribution in [3.63, 3.8) is 0 Å². The molecule has 196 valence electrons. The zero-order valence-electron chi connectivity index (χ0n) is 20.7. The van der Waals surface area contributed by atoms with Crippen molar-refractivity contribution in [2.24, 2.45) is 0 Å². The van der Waals surface area contributed by atoms with Crippen LogP contribution in [0.15, 0.2) is 79.0 Å². The highest BCUT2D eigenvalue weighted by Crippen LogP contribution is 2.29. The van der Waals surface area contributed by atoms with Gasteiger partial charge in [-0.3, -0.25) is 0 Å². The van der Waals surface area contributed by atoms with Crippen LogP contribution >= 0.6 is 22.6 Å². The van der Waals surface area contributed by atoms with Crippen molar-refractivity contribution in [2.45, 2.75) is 12.8 Å². The number of fused-ring (bicyclic) bond motifs is 1. The summed E-state index contributed by atoms with van der Waals surface area (Å²) < 4.78 is 14.2. The van der Waals surface area contributed by atoms with Crippen LogP contribution in [0.5, 0.6) is 0 Å². The summed E-state index contributed by atoms with van der Waals surface area (Å²) in [5.74, 6) is 0.603. The van der Waals surface area contributed by atoms with Crippen LogP contribution in [0.25, 0.3) is 28.2 Å². The van der Waals surface area contributed by atoms with Gasteiger partial charge >= 0.3 is 5.97 Å². The molecule has 0 atom stereocenters. The minimum atomic E-state index is -1.01. The topological polar surface area (TPSA) is 116 Å². The Morgan fingerprint density at radius 3 is 2.77 bits per heavy atom. The molecule has 0 fully saturated rings. The first-order valence-electron chi connectivity index (χ1n) is 12.2. The molecule has 0 saturated heterocycles. The summed E-state index contributed by atoms with van der Waals surface area (Å²) >= 11 is 1.94. The van der Waals surface area contributed by atoms with Gasteiger partial charge in [0, 0.05) is 36.5 Å². The smallest absolute Gasteiger partial charge is 0.328 e. The zero-order chi connectivity index (χ0) is 27.2. The average molecular weight is 634 g/mol. The number of carboxylic acid groups (broad SMARTS) is 1. The highest BCUT2D eigenvalue weighted by atomic mass is 127. The summed E-state index contributed by atoms with van der Waals surface area (Å²) in [7, 11) is 0.